The molecule has 170 valence electrons. The molecule has 6 heteroatoms. The number of hydrazine groups is 1. The Morgan fingerprint density at radius 2 is 1.94 bits per heavy atom. The highest BCUT2D eigenvalue weighted by Crippen LogP contribution is 2.33. The minimum absolute atomic E-state index is 0.0756. The smallest absolute Gasteiger partial charge is 0.241 e. The number of ether oxygens (including phenoxy) is 1. The van der Waals surface area contributed by atoms with Gasteiger partial charge in [-0.15, -0.1) is 0 Å². The molecule has 2 saturated heterocycles. The molecular formula is C25H38N4O2. The second kappa shape index (κ2) is 9.57. The van der Waals surface area contributed by atoms with Gasteiger partial charge in [-0.3, -0.25) is 15.1 Å². The molecule has 0 spiro atoms. The van der Waals surface area contributed by atoms with Crippen LogP contribution >= 0.6 is 0 Å². The van der Waals surface area contributed by atoms with Crippen molar-refractivity contribution >= 4 is 5.91 Å². The summed E-state index contributed by atoms with van der Waals surface area (Å²) in [6.07, 6.45) is 8.37. The summed E-state index contributed by atoms with van der Waals surface area (Å²) in [5.74, 6) is 1.26. The van der Waals surface area contributed by atoms with Crippen LogP contribution in [0.25, 0.3) is 0 Å². The van der Waals surface area contributed by atoms with E-state index in [1.807, 2.05) is 0 Å². The molecule has 6 nitrogen and oxygen atoms in total. The molecule has 0 radical (unpaired) electrons. The number of piperidine rings is 1. The van der Waals surface area contributed by atoms with Crippen LogP contribution in [0.2, 0.25) is 0 Å². The van der Waals surface area contributed by atoms with Gasteiger partial charge in [-0.2, -0.15) is 0 Å². The summed E-state index contributed by atoms with van der Waals surface area (Å²) >= 11 is 0. The number of rotatable bonds is 7. The fraction of sp³-hybridized carbons (Fsp3) is 0.720. The number of hydrogen-bond acceptors (Lipinski definition) is 5. The number of likely N-dealkylation sites (tertiary alicyclic amines) is 1. The van der Waals surface area contributed by atoms with Gasteiger partial charge >= 0.3 is 0 Å². The molecule has 31 heavy (non-hydrogen) atoms. The zero-order chi connectivity index (χ0) is 21.2. The molecule has 2 heterocycles. The Bertz CT molecular complexity index is 747. The summed E-state index contributed by atoms with van der Waals surface area (Å²) in [7, 11) is 1.73. The van der Waals surface area contributed by atoms with E-state index < -0.39 is 0 Å². The number of fused-ring (bicyclic) bond motifs is 2. The van der Waals surface area contributed by atoms with E-state index in [0.29, 0.717) is 37.1 Å². The van der Waals surface area contributed by atoms with Gasteiger partial charge in [-0.05, 0) is 62.1 Å². The fourth-order valence-electron chi connectivity index (χ4n) is 6.49. The number of carbonyl (C=O) groups is 1. The molecule has 1 aromatic rings. The molecular weight excluding hydrogens is 388 g/mol. The highest BCUT2D eigenvalue weighted by atomic mass is 16.5. The Balaban J connectivity index is 1.21. The second-order valence-electron chi connectivity index (χ2n) is 10.1. The van der Waals surface area contributed by atoms with Gasteiger partial charge < -0.3 is 9.64 Å². The molecule has 0 bridgehead atoms. The third kappa shape index (κ3) is 4.54. The lowest BCUT2D eigenvalue weighted by Crippen LogP contribution is -2.52. The molecule has 2 aliphatic carbocycles. The number of nitrogens with zero attached hydrogens (tertiary/aromatic N) is 2. The van der Waals surface area contributed by atoms with Crippen LogP contribution < -0.4 is 10.9 Å². The zero-order valence-corrected chi connectivity index (χ0v) is 18.9. The standard InChI is InChI=1S/C25H38N4O2/c1-31-13-12-29(25(30)24-22-9-4-10-23(22)26-27-24)17-18-6-5-11-28(16-18)21-14-19-7-2-3-8-20(19)15-21/h2-3,7-8,18,21-24,26-27H,4-6,9-17H2,1H3. The molecule has 4 aliphatic rings. The number of carbonyl (C=O) groups excluding carboxylic acids is 1. The Kier molecular flexibility index (Phi) is 6.60. The van der Waals surface area contributed by atoms with Gasteiger partial charge in [-0.25, -0.2) is 5.43 Å². The minimum Gasteiger partial charge on any atom is -0.383 e. The summed E-state index contributed by atoms with van der Waals surface area (Å²) in [6.45, 7) is 4.45. The predicted molar refractivity (Wildman–Crippen MR) is 122 cm³/mol. The number of benzene rings is 1. The SMILES string of the molecule is COCCN(CC1CCCN(C2Cc3ccccc3C2)C1)C(=O)C1NNC2CCCC21. The lowest BCUT2D eigenvalue weighted by atomic mass is 9.93. The van der Waals surface area contributed by atoms with Crippen LogP contribution in [-0.4, -0.2) is 73.7 Å². The van der Waals surface area contributed by atoms with Crippen molar-refractivity contribution in [3.8, 4) is 0 Å². The monoisotopic (exact) mass is 426 g/mol. The van der Waals surface area contributed by atoms with Crippen LogP contribution in [0.15, 0.2) is 24.3 Å². The van der Waals surface area contributed by atoms with E-state index in [9.17, 15) is 4.79 Å². The quantitative estimate of drug-likeness (QED) is 0.698. The van der Waals surface area contributed by atoms with Crippen LogP contribution in [0.4, 0.5) is 0 Å². The summed E-state index contributed by atoms with van der Waals surface area (Å²) < 4.78 is 5.36. The van der Waals surface area contributed by atoms with Gasteiger partial charge in [0.2, 0.25) is 5.91 Å². The number of nitrogens with one attached hydrogen (secondary N) is 2. The topological polar surface area (TPSA) is 56.8 Å². The third-order valence-corrected chi connectivity index (χ3v) is 8.14. The molecule has 1 saturated carbocycles. The van der Waals surface area contributed by atoms with Gasteiger partial charge in [0.1, 0.15) is 6.04 Å². The molecule has 2 N–H and O–H groups in total. The molecule has 1 amide bonds. The van der Waals surface area contributed by atoms with E-state index in [1.165, 1.54) is 56.2 Å². The van der Waals surface area contributed by atoms with Crippen LogP contribution in [0.3, 0.4) is 0 Å². The van der Waals surface area contributed by atoms with Crippen molar-refractivity contribution in [3.05, 3.63) is 35.4 Å². The number of methoxy groups -OCH3 is 1. The summed E-state index contributed by atoms with van der Waals surface area (Å²) in [6, 6.07) is 9.94. The highest BCUT2D eigenvalue weighted by molar-refractivity contribution is 5.82. The normalized spacial score (nSPS) is 31.0. The number of hydrogen-bond donors (Lipinski definition) is 2. The number of amides is 1. The van der Waals surface area contributed by atoms with Crippen molar-refractivity contribution in [2.24, 2.45) is 11.8 Å². The van der Waals surface area contributed by atoms with Crippen molar-refractivity contribution in [2.45, 2.75) is 63.1 Å². The van der Waals surface area contributed by atoms with Gasteiger partial charge in [0.25, 0.3) is 0 Å². The Hall–Kier alpha value is -1.47. The van der Waals surface area contributed by atoms with Crippen molar-refractivity contribution in [2.75, 3.05) is 39.9 Å². The van der Waals surface area contributed by atoms with Gasteiger partial charge in [0.05, 0.1) is 6.61 Å². The van der Waals surface area contributed by atoms with E-state index in [0.717, 1.165) is 19.5 Å². The van der Waals surface area contributed by atoms with Crippen molar-refractivity contribution in [1.82, 2.24) is 20.7 Å². The molecule has 3 fully saturated rings. The molecule has 0 aromatic heterocycles. The minimum atomic E-state index is -0.0756. The van der Waals surface area contributed by atoms with Crippen LogP contribution in [0.5, 0.6) is 0 Å². The lowest BCUT2D eigenvalue weighted by molar-refractivity contribution is -0.135. The van der Waals surface area contributed by atoms with E-state index in [2.05, 4.69) is 44.9 Å². The fourth-order valence-corrected chi connectivity index (χ4v) is 6.49. The zero-order valence-electron chi connectivity index (χ0n) is 18.9. The maximum absolute atomic E-state index is 13.5. The highest BCUT2D eigenvalue weighted by Gasteiger charge is 2.44. The first-order valence-corrected chi connectivity index (χ1v) is 12.3. The maximum atomic E-state index is 13.5. The average molecular weight is 427 g/mol. The molecule has 4 unspecified atom stereocenters. The largest absolute Gasteiger partial charge is 0.383 e. The lowest BCUT2D eigenvalue weighted by Gasteiger charge is -2.39. The Morgan fingerprint density at radius 3 is 2.71 bits per heavy atom. The third-order valence-electron chi connectivity index (χ3n) is 8.14. The Labute approximate surface area is 186 Å². The molecule has 1 aromatic carbocycles. The van der Waals surface area contributed by atoms with Crippen molar-refractivity contribution in [3.63, 3.8) is 0 Å². The summed E-state index contributed by atoms with van der Waals surface area (Å²) in [5, 5.41) is 0. The van der Waals surface area contributed by atoms with Gasteiger partial charge in [-0.1, -0.05) is 30.7 Å². The molecule has 5 rings (SSSR count). The van der Waals surface area contributed by atoms with Crippen molar-refractivity contribution in [1.29, 1.82) is 0 Å². The summed E-state index contributed by atoms with van der Waals surface area (Å²) in [5.41, 5.74) is 9.75. The van der Waals surface area contributed by atoms with Crippen LogP contribution in [-0.2, 0) is 22.4 Å². The average Bonchev–Trinajstić information content (AvgIpc) is 3.51. The predicted octanol–water partition coefficient (Wildman–Crippen LogP) is 1.99. The van der Waals surface area contributed by atoms with Crippen molar-refractivity contribution < 1.29 is 9.53 Å². The summed E-state index contributed by atoms with van der Waals surface area (Å²) in [4.78, 5) is 18.3. The molecule has 4 atom stereocenters. The first-order chi connectivity index (χ1) is 15.2. The second-order valence-corrected chi connectivity index (χ2v) is 10.1. The van der Waals surface area contributed by atoms with Crippen LogP contribution in [0.1, 0.15) is 43.2 Å². The van der Waals surface area contributed by atoms with E-state index >= 15 is 0 Å². The first-order valence-electron chi connectivity index (χ1n) is 12.3. The van der Waals surface area contributed by atoms with E-state index in [4.69, 9.17) is 4.74 Å². The van der Waals surface area contributed by atoms with Crippen LogP contribution in [0, 0.1) is 11.8 Å². The van der Waals surface area contributed by atoms with E-state index in [-0.39, 0.29) is 11.9 Å². The maximum Gasteiger partial charge on any atom is 0.241 e. The first kappa shape index (κ1) is 21.4. The Morgan fingerprint density at radius 1 is 1.13 bits per heavy atom. The van der Waals surface area contributed by atoms with E-state index in [1.54, 1.807) is 7.11 Å². The van der Waals surface area contributed by atoms with Gasteiger partial charge in [0.15, 0.2) is 0 Å². The van der Waals surface area contributed by atoms with Gasteiger partial charge in [0, 0.05) is 44.7 Å². The molecule has 2 aliphatic heterocycles.